The van der Waals surface area contributed by atoms with Gasteiger partial charge in [-0.3, -0.25) is 9.69 Å². The lowest BCUT2D eigenvalue weighted by Crippen LogP contribution is -2.41. The number of ether oxygens (including phenoxy) is 1. The Morgan fingerprint density at radius 1 is 1.15 bits per heavy atom. The minimum atomic E-state index is -1.19. The molecule has 2 aromatic rings. The molecule has 1 unspecified atom stereocenters. The van der Waals surface area contributed by atoms with Crippen molar-refractivity contribution in [2.24, 2.45) is 0 Å². The molecule has 26 heavy (non-hydrogen) atoms. The summed E-state index contributed by atoms with van der Waals surface area (Å²) < 4.78 is 18.3. The van der Waals surface area contributed by atoms with E-state index in [4.69, 9.17) is 10.00 Å². The number of halogens is 1. The second kappa shape index (κ2) is 6.84. The largest absolute Gasteiger partial charge is 0.492 e. The van der Waals surface area contributed by atoms with E-state index >= 15 is 0 Å². The van der Waals surface area contributed by atoms with Crippen molar-refractivity contribution >= 4 is 11.9 Å². The Hall–Kier alpha value is -3.40. The Morgan fingerprint density at radius 2 is 1.81 bits per heavy atom. The Bertz CT molecular complexity index is 874. The van der Waals surface area contributed by atoms with Gasteiger partial charge in [-0.15, -0.1) is 0 Å². The maximum Gasteiger partial charge on any atom is 0.325 e. The number of rotatable bonds is 5. The van der Waals surface area contributed by atoms with Gasteiger partial charge in [0.25, 0.3) is 5.91 Å². The summed E-state index contributed by atoms with van der Waals surface area (Å²) in [6.07, 6.45) is 0. The Balaban J connectivity index is 1.67. The van der Waals surface area contributed by atoms with E-state index < -0.39 is 17.5 Å². The SMILES string of the molecule is CC1(c2ccc(C#N)cc2)NC(=O)N(CCOc2ccc(F)cc2)C1=O. The molecule has 2 aromatic carbocycles. The number of hydrogen-bond acceptors (Lipinski definition) is 4. The fourth-order valence-electron chi connectivity index (χ4n) is 2.76. The lowest BCUT2D eigenvalue weighted by atomic mass is 9.91. The molecular weight excluding hydrogens is 337 g/mol. The smallest absolute Gasteiger partial charge is 0.325 e. The molecule has 1 aliphatic heterocycles. The van der Waals surface area contributed by atoms with Crippen LogP contribution in [-0.4, -0.2) is 30.0 Å². The zero-order chi connectivity index (χ0) is 18.7. The maximum absolute atomic E-state index is 12.9. The van der Waals surface area contributed by atoms with Crippen molar-refractivity contribution in [2.75, 3.05) is 13.2 Å². The van der Waals surface area contributed by atoms with Gasteiger partial charge in [0.1, 0.15) is 23.7 Å². The van der Waals surface area contributed by atoms with Gasteiger partial charge in [0, 0.05) is 0 Å². The van der Waals surface area contributed by atoms with Crippen molar-refractivity contribution in [3.05, 3.63) is 65.5 Å². The molecule has 0 saturated carbocycles. The van der Waals surface area contributed by atoms with E-state index in [0.717, 1.165) is 4.90 Å². The third-order valence-corrected chi connectivity index (χ3v) is 4.26. The average molecular weight is 353 g/mol. The second-order valence-electron chi connectivity index (χ2n) is 6.00. The van der Waals surface area contributed by atoms with Crippen LogP contribution in [0, 0.1) is 17.1 Å². The number of hydrogen-bond donors (Lipinski definition) is 1. The van der Waals surface area contributed by atoms with Crippen molar-refractivity contribution in [3.8, 4) is 11.8 Å². The molecule has 3 rings (SSSR count). The Labute approximate surface area is 149 Å². The number of imide groups is 1. The molecule has 1 saturated heterocycles. The molecule has 6 nitrogen and oxygen atoms in total. The summed E-state index contributed by atoms with van der Waals surface area (Å²) in [4.78, 5) is 26.1. The number of carbonyl (C=O) groups is 2. The van der Waals surface area contributed by atoms with Crippen molar-refractivity contribution in [2.45, 2.75) is 12.5 Å². The number of carbonyl (C=O) groups excluding carboxylic acids is 2. The minimum absolute atomic E-state index is 0.0634. The van der Waals surface area contributed by atoms with Gasteiger partial charge < -0.3 is 10.1 Å². The molecular formula is C19H16FN3O3. The van der Waals surface area contributed by atoms with E-state index in [1.807, 2.05) is 6.07 Å². The summed E-state index contributed by atoms with van der Waals surface area (Å²) in [5.74, 6) is -0.312. The predicted molar refractivity (Wildman–Crippen MR) is 90.6 cm³/mol. The monoisotopic (exact) mass is 353 g/mol. The first-order valence-corrected chi connectivity index (χ1v) is 7.97. The molecule has 1 aliphatic rings. The van der Waals surface area contributed by atoms with Crippen molar-refractivity contribution in [1.29, 1.82) is 5.26 Å². The molecule has 0 bridgehead atoms. The van der Waals surface area contributed by atoms with Gasteiger partial charge in [0.05, 0.1) is 18.2 Å². The summed E-state index contributed by atoms with van der Waals surface area (Å²) in [6.45, 7) is 1.78. The number of amides is 3. The highest BCUT2D eigenvalue weighted by molar-refractivity contribution is 6.07. The van der Waals surface area contributed by atoms with Gasteiger partial charge in [-0.25, -0.2) is 9.18 Å². The predicted octanol–water partition coefficient (Wildman–Crippen LogP) is 2.54. The summed E-state index contributed by atoms with van der Waals surface area (Å²) >= 11 is 0. The number of urea groups is 1. The first-order chi connectivity index (χ1) is 12.4. The number of nitrogens with one attached hydrogen (secondary N) is 1. The molecule has 0 radical (unpaired) electrons. The first-order valence-electron chi connectivity index (χ1n) is 7.97. The lowest BCUT2D eigenvalue weighted by molar-refractivity contribution is -0.131. The van der Waals surface area contributed by atoms with E-state index in [0.29, 0.717) is 16.9 Å². The quantitative estimate of drug-likeness (QED) is 0.838. The van der Waals surface area contributed by atoms with E-state index in [9.17, 15) is 14.0 Å². The van der Waals surface area contributed by atoms with Crippen LogP contribution in [0.15, 0.2) is 48.5 Å². The second-order valence-corrected chi connectivity index (χ2v) is 6.00. The van der Waals surface area contributed by atoms with Crippen LogP contribution in [0.3, 0.4) is 0 Å². The van der Waals surface area contributed by atoms with Gasteiger partial charge >= 0.3 is 6.03 Å². The molecule has 1 atom stereocenters. The van der Waals surface area contributed by atoms with Gasteiger partial charge in [0.15, 0.2) is 0 Å². The summed E-state index contributed by atoms with van der Waals surface area (Å²) in [5, 5.41) is 11.6. The fourth-order valence-corrected chi connectivity index (χ4v) is 2.76. The highest BCUT2D eigenvalue weighted by Gasteiger charge is 2.48. The van der Waals surface area contributed by atoms with Gasteiger partial charge in [-0.2, -0.15) is 5.26 Å². The third-order valence-electron chi connectivity index (χ3n) is 4.26. The Kier molecular flexibility index (Phi) is 4.59. The molecule has 7 heteroatoms. The van der Waals surface area contributed by atoms with E-state index in [-0.39, 0.29) is 19.0 Å². The molecule has 0 aliphatic carbocycles. The maximum atomic E-state index is 12.9. The topological polar surface area (TPSA) is 82.4 Å². The number of benzene rings is 2. The van der Waals surface area contributed by atoms with Crippen LogP contribution < -0.4 is 10.1 Å². The van der Waals surface area contributed by atoms with Crippen LogP contribution in [0.1, 0.15) is 18.1 Å². The van der Waals surface area contributed by atoms with E-state index in [1.165, 1.54) is 24.3 Å². The molecule has 0 spiro atoms. The highest BCUT2D eigenvalue weighted by atomic mass is 19.1. The standard InChI is InChI=1S/C19H16FN3O3/c1-19(14-4-2-13(12-21)3-5-14)17(24)23(18(25)22-19)10-11-26-16-8-6-15(20)7-9-16/h2-9H,10-11H2,1H3,(H,22,25). The van der Waals surface area contributed by atoms with E-state index in [1.54, 1.807) is 31.2 Å². The van der Waals surface area contributed by atoms with Gasteiger partial charge in [-0.1, -0.05) is 12.1 Å². The molecule has 1 N–H and O–H groups in total. The van der Waals surface area contributed by atoms with Crippen molar-refractivity contribution in [1.82, 2.24) is 10.2 Å². The van der Waals surface area contributed by atoms with Crippen LogP contribution in [0.5, 0.6) is 5.75 Å². The molecule has 1 fully saturated rings. The zero-order valence-electron chi connectivity index (χ0n) is 14.0. The summed E-state index contributed by atoms with van der Waals surface area (Å²) in [5.41, 5.74) is -0.128. The first kappa shape index (κ1) is 17.4. The molecule has 0 aromatic heterocycles. The van der Waals surface area contributed by atoms with Crippen LogP contribution in [0.2, 0.25) is 0 Å². The van der Waals surface area contributed by atoms with E-state index in [2.05, 4.69) is 5.32 Å². The van der Waals surface area contributed by atoms with Gasteiger partial charge in [0.2, 0.25) is 0 Å². The summed E-state index contributed by atoms with van der Waals surface area (Å²) in [7, 11) is 0. The fraction of sp³-hybridized carbons (Fsp3) is 0.211. The third kappa shape index (κ3) is 3.22. The van der Waals surface area contributed by atoms with Crippen molar-refractivity contribution < 1.29 is 18.7 Å². The van der Waals surface area contributed by atoms with Gasteiger partial charge in [-0.05, 0) is 48.9 Å². The molecule has 132 valence electrons. The molecule has 1 heterocycles. The minimum Gasteiger partial charge on any atom is -0.492 e. The van der Waals surface area contributed by atoms with Crippen LogP contribution >= 0.6 is 0 Å². The van der Waals surface area contributed by atoms with Crippen LogP contribution in [0.4, 0.5) is 9.18 Å². The number of nitrogens with zero attached hydrogens (tertiary/aromatic N) is 2. The van der Waals surface area contributed by atoms with Crippen molar-refractivity contribution in [3.63, 3.8) is 0 Å². The normalized spacial score (nSPS) is 19.2. The average Bonchev–Trinajstić information content (AvgIpc) is 2.87. The summed E-state index contributed by atoms with van der Waals surface area (Å²) in [6, 6.07) is 13.5. The lowest BCUT2D eigenvalue weighted by Gasteiger charge is -2.22. The molecule has 3 amide bonds. The number of nitriles is 1. The highest BCUT2D eigenvalue weighted by Crippen LogP contribution is 2.28. The van der Waals surface area contributed by atoms with Crippen LogP contribution in [-0.2, 0) is 10.3 Å². The Morgan fingerprint density at radius 3 is 2.42 bits per heavy atom. The van der Waals surface area contributed by atoms with Crippen LogP contribution in [0.25, 0.3) is 0 Å². The zero-order valence-corrected chi connectivity index (χ0v) is 14.0.